The molecule has 2 amide bonds. The van der Waals surface area contributed by atoms with Crippen molar-refractivity contribution in [2.24, 2.45) is 0 Å². The number of pyridine rings is 1. The summed E-state index contributed by atoms with van der Waals surface area (Å²) in [4.78, 5) is 40.5. The van der Waals surface area contributed by atoms with E-state index < -0.39 is 65.9 Å². The Bertz CT molecular complexity index is 1410. The zero-order valence-electron chi connectivity index (χ0n) is 20.3. The Kier molecular flexibility index (Phi) is 8.86. The molecular weight excluding hydrogens is 552 g/mol. The Balaban J connectivity index is 1.85. The molecule has 3 rings (SSSR count). The molecule has 0 unspecified atom stereocenters. The highest BCUT2D eigenvalue weighted by molar-refractivity contribution is 6.12. The van der Waals surface area contributed by atoms with Gasteiger partial charge in [-0.1, -0.05) is 18.2 Å². The van der Waals surface area contributed by atoms with Crippen LogP contribution in [-0.2, 0) is 11.0 Å². The first kappa shape index (κ1) is 29.7. The average molecular weight is 571 g/mol. The molecule has 0 spiro atoms. The number of aromatic nitrogens is 1. The van der Waals surface area contributed by atoms with Crippen LogP contribution in [0.2, 0.25) is 0 Å². The third-order valence-corrected chi connectivity index (χ3v) is 5.12. The normalized spacial score (nSPS) is 11.5. The average Bonchev–Trinajstić information content (AvgIpc) is 2.87. The number of ketones is 1. The SMILES string of the molecule is COc1ccc(-c2cccc(C(=O)CC(=O)Nc3cc(C(F)(F)F)c(OCC(F)(F)F)cc3NC(=O)O)c2)cn1. The molecule has 212 valence electrons. The summed E-state index contributed by atoms with van der Waals surface area (Å²) < 4.78 is 87.5. The third-order valence-electron chi connectivity index (χ3n) is 5.12. The number of benzene rings is 2. The number of hydrogen-bond donors (Lipinski definition) is 3. The van der Waals surface area contributed by atoms with Gasteiger partial charge in [0.15, 0.2) is 12.4 Å². The number of carbonyl (C=O) groups is 3. The highest BCUT2D eigenvalue weighted by atomic mass is 19.4. The number of alkyl halides is 6. The van der Waals surface area contributed by atoms with Crippen LogP contribution in [-0.4, -0.2) is 47.8 Å². The predicted molar refractivity (Wildman–Crippen MR) is 128 cm³/mol. The molecule has 1 aromatic heterocycles. The van der Waals surface area contributed by atoms with E-state index in [9.17, 15) is 40.7 Å². The van der Waals surface area contributed by atoms with E-state index in [1.54, 1.807) is 23.5 Å². The fourth-order valence-corrected chi connectivity index (χ4v) is 3.39. The number of halogens is 6. The number of nitrogens with zero attached hydrogens (tertiary/aromatic N) is 1. The molecule has 0 aliphatic carbocycles. The number of carboxylic acid groups (broad SMARTS) is 1. The van der Waals surface area contributed by atoms with Crippen LogP contribution in [0.3, 0.4) is 0 Å². The fraction of sp³-hybridized carbons (Fsp3) is 0.200. The van der Waals surface area contributed by atoms with Gasteiger partial charge in [-0.25, -0.2) is 9.78 Å². The molecule has 0 aliphatic rings. The first-order chi connectivity index (χ1) is 18.7. The Morgan fingerprint density at radius 1 is 0.925 bits per heavy atom. The molecule has 0 radical (unpaired) electrons. The molecule has 9 nitrogen and oxygen atoms in total. The lowest BCUT2D eigenvalue weighted by molar-refractivity contribution is -0.158. The molecule has 1 heterocycles. The van der Waals surface area contributed by atoms with Crippen LogP contribution < -0.4 is 20.1 Å². The van der Waals surface area contributed by atoms with Gasteiger partial charge in [-0.3, -0.25) is 14.9 Å². The van der Waals surface area contributed by atoms with Crippen molar-refractivity contribution < 1.29 is 55.3 Å². The summed E-state index contributed by atoms with van der Waals surface area (Å²) in [5.41, 5.74) is -1.91. The number of anilines is 2. The van der Waals surface area contributed by atoms with Gasteiger partial charge in [0.1, 0.15) is 5.75 Å². The molecule has 0 atom stereocenters. The van der Waals surface area contributed by atoms with E-state index in [1.165, 1.54) is 31.5 Å². The van der Waals surface area contributed by atoms with Crippen LogP contribution >= 0.6 is 0 Å². The van der Waals surface area contributed by atoms with Crippen LogP contribution in [0.25, 0.3) is 11.1 Å². The van der Waals surface area contributed by atoms with Gasteiger partial charge in [-0.2, -0.15) is 26.3 Å². The second kappa shape index (κ2) is 11.9. The highest BCUT2D eigenvalue weighted by Crippen LogP contribution is 2.42. The van der Waals surface area contributed by atoms with Crippen LogP contribution in [0.5, 0.6) is 11.6 Å². The quantitative estimate of drug-likeness (QED) is 0.163. The van der Waals surface area contributed by atoms with Gasteiger partial charge in [0.05, 0.1) is 30.5 Å². The number of carbonyl (C=O) groups excluding carboxylic acids is 2. The minimum Gasteiger partial charge on any atom is -0.483 e. The van der Waals surface area contributed by atoms with E-state index in [1.807, 2.05) is 5.32 Å². The Labute approximate surface area is 221 Å². The molecule has 0 bridgehead atoms. The van der Waals surface area contributed by atoms with E-state index in [0.29, 0.717) is 23.1 Å². The summed E-state index contributed by atoms with van der Waals surface area (Å²) in [5.74, 6) is -2.81. The van der Waals surface area contributed by atoms with Crippen LogP contribution in [0, 0.1) is 0 Å². The second-order valence-electron chi connectivity index (χ2n) is 8.04. The largest absolute Gasteiger partial charge is 0.483 e. The molecular formula is C25H19F6N3O6. The summed E-state index contributed by atoms with van der Waals surface area (Å²) in [7, 11) is 1.44. The number of methoxy groups -OCH3 is 1. The van der Waals surface area contributed by atoms with E-state index >= 15 is 0 Å². The Hall–Kier alpha value is -4.82. The standard InChI is InChI=1S/C25H19F6N3O6/c1-39-22-6-5-15(11-32-22)13-3-2-4-14(7-13)19(35)10-21(36)33-17-8-16(25(29,30)31)20(40-12-24(26,27)28)9-18(17)34-23(37)38/h2-9,11,34H,10,12H2,1H3,(H,33,36)(H,37,38). The molecule has 0 fully saturated rings. The van der Waals surface area contributed by atoms with Crippen molar-refractivity contribution in [2.75, 3.05) is 24.4 Å². The molecule has 3 aromatic rings. The topological polar surface area (TPSA) is 127 Å². The second-order valence-corrected chi connectivity index (χ2v) is 8.04. The molecule has 0 saturated heterocycles. The molecule has 15 heteroatoms. The van der Waals surface area contributed by atoms with Crippen molar-refractivity contribution >= 4 is 29.2 Å². The number of nitrogens with one attached hydrogen (secondary N) is 2. The maximum atomic E-state index is 13.6. The number of ether oxygens (including phenoxy) is 2. The van der Waals surface area contributed by atoms with Gasteiger partial charge in [-0.05, 0) is 23.8 Å². The summed E-state index contributed by atoms with van der Waals surface area (Å²) in [6.45, 7) is -2.09. The number of Topliss-reactive ketones (excluding diaryl/α,β-unsaturated/α-hetero) is 1. The van der Waals surface area contributed by atoms with Gasteiger partial charge >= 0.3 is 18.4 Å². The minimum atomic E-state index is -5.24. The number of amides is 2. The van der Waals surface area contributed by atoms with Crippen LogP contribution in [0.15, 0.2) is 54.7 Å². The summed E-state index contributed by atoms with van der Waals surface area (Å²) in [6.07, 6.45) is -11.4. The Morgan fingerprint density at radius 3 is 2.20 bits per heavy atom. The van der Waals surface area contributed by atoms with E-state index in [4.69, 9.17) is 9.84 Å². The third kappa shape index (κ3) is 8.09. The van der Waals surface area contributed by atoms with Crippen molar-refractivity contribution in [3.63, 3.8) is 0 Å². The molecule has 40 heavy (non-hydrogen) atoms. The maximum absolute atomic E-state index is 13.6. The first-order valence-electron chi connectivity index (χ1n) is 11.0. The van der Waals surface area contributed by atoms with Gasteiger partial charge in [-0.15, -0.1) is 0 Å². The van der Waals surface area contributed by atoms with E-state index in [0.717, 1.165) is 0 Å². The van der Waals surface area contributed by atoms with Gasteiger partial charge in [0.2, 0.25) is 11.8 Å². The molecule has 0 aliphatic heterocycles. The van der Waals surface area contributed by atoms with E-state index in [-0.39, 0.29) is 11.6 Å². The van der Waals surface area contributed by atoms with E-state index in [2.05, 4.69) is 9.72 Å². The van der Waals surface area contributed by atoms with Crippen LogP contribution in [0.4, 0.5) is 42.5 Å². The van der Waals surface area contributed by atoms with Crippen molar-refractivity contribution in [1.29, 1.82) is 0 Å². The van der Waals surface area contributed by atoms with Gasteiger partial charge in [0.25, 0.3) is 0 Å². The first-order valence-corrected chi connectivity index (χ1v) is 11.0. The predicted octanol–water partition coefficient (Wildman–Crippen LogP) is 6.02. The highest BCUT2D eigenvalue weighted by Gasteiger charge is 2.37. The zero-order valence-corrected chi connectivity index (χ0v) is 20.3. The summed E-state index contributed by atoms with van der Waals surface area (Å²) >= 11 is 0. The summed E-state index contributed by atoms with van der Waals surface area (Å²) in [6, 6.07) is 9.91. The fourth-order valence-electron chi connectivity index (χ4n) is 3.39. The van der Waals surface area contributed by atoms with Crippen molar-refractivity contribution in [3.05, 3.63) is 65.9 Å². The van der Waals surface area contributed by atoms with Gasteiger partial charge in [0, 0.05) is 29.5 Å². The van der Waals surface area contributed by atoms with Crippen LogP contribution in [0.1, 0.15) is 22.3 Å². The Morgan fingerprint density at radius 2 is 1.62 bits per heavy atom. The minimum absolute atomic E-state index is 0.0826. The number of rotatable bonds is 9. The zero-order chi connectivity index (χ0) is 29.7. The smallest absolute Gasteiger partial charge is 0.422 e. The summed E-state index contributed by atoms with van der Waals surface area (Å²) in [5, 5.41) is 12.7. The molecule has 0 saturated carbocycles. The molecule has 2 aromatic carbocycles. The monoisotopic (exact) mass is 571 g/mol. The lowest BCUT2D eigenvalue weighted by Crippen LogP contribution is -2.22. The lowest BCUT2D eigenvalue weighted by Gasteiger charge is -2.19. The van der Waals surface area contributed by atoms with Crippen molar-refractivity contribution in [2.45, 2.75) is 18.8 Å². The van der Waals surface area contributed by atoms with Gasteiger partial charge < -0.3 is 19.9 Å². The lowest BCUT2D eigenvalue weighted by atomic mass is 10.0. The maximum Gasteiger partial charge on any atom is 0.422 e. The van der Waals surface area contributed by atoms with Crippen molar-refractivity contribution in [3.8, 4) is 22.8 Å². The molecule has 3 N–H and O–H groups in total. The number of hydrogen-bond acceptors (Lipinski definition) is 6. The van der Waals surface area contributed by atoms with Crippen molar-refractivity contribution in [1.82, 2.24) is 4.98 Å².